The third-order valence-electron chi connectivity index (χ3n) is 5.77. The van der Waals surface area contributed by atoms with Gasteiger partial charge in [-0.05, 0) is 37.5 Å². The summed E-state index contributed by atoms with van der Waals surface area (Å²) in [5.41, 5.74) is 8.80. The Morgan fingerprint density at radius 1 is 1.05 bits per heavy atom. The molecule has 11 nitrogen and oxygen atoms in total. The van der Waals surface area contributed by atoms with E-state index in [2.05, 4.69) is 21.4 Å². The Balaban J connectivity index is 1.42. The zero-order valence-corrected chi connectivity index (χ0v) is 19.7. The van der Waals surface area contributed by atoms with E-state index >= 15 is 0 Å². The number of carbonyl (C=O) groups is 3. The minimum absolute atomic E-state index is 0.0264. The number of nitro groups is 1. The molecule has 3 amide bonds. The van der Waals surface area contributed by atoms with Crippen LogP contribution in [0.4, 0.5) is 10.1 Å². The van der Waals surface area contributed by atoms with E-state index < -0.39 is 28.5 Å². The van der Waals surface area contributed by atoms with Crippen LogP contribution in [0.5, 0.6) is 0 Å². The largest absolute Gasteiger partial charge is 0.455 e. The van der Waals surface area contributed by atoms with Crippen LogP contribution in [0.25, 0.3) is 0 Å². The van der Waals surface area contributed by atoms with E-state index in [1.165, 1.54) is 42.5 Å². The molecule has 0 radical (unpaired) electrons. The van der Waals surface area contributed by atoms with E-state index in [0.717, 1.165) is 6.07 Å². The van der Waals surface area contributed by atoms with Crippen LogP contribution in [0.2, 0.25) is 0 Å². The highest BCUT2D eigenvalue weighted by molar-refractivity contribution is 6.07. The van der Waals surface area contributed by atoms with Gasteiger partial charge in [0.25, 0.3) is 11.6 Å². The fourth-order valence-electron chi connectivity index (χ4n) is 3.97. The number of amides is 3. The molecule has 1 aliphatic carbocycles. The fraction of sp³-hybridized carbons (Fsp3) is 0.200. The van der Waals surface area contributed by atoms with Crippen molar-refractivity contribution in [1.29, 1.82) is 0 Å². The lowest BCUT2D eigenvalue weighted by Crippen LogP contribution is -2.42. The lowest BCUT2D eigenvalue weighted by atomic mass is 9.93. The first kappa shape index (κ1) is 25.2. The Bertz CT molecular complexity index is 1410. The van der Waals surface area contributed by atoms with Crippen LogP contribution in [0.3, 0.4) is 0 Å². The summed E-state index contributed by atoms with van der Waals surface area (Å²) in [6, 6.07) is 11.0. The molecule has 0 saturated heterocycles. The standard InChI is InChI=1S/C25H22FN5O6/c1-14-22-19(27-28-21(32)13-15-9-11-16(12-10-15)31(35)36)7-4-8-20(22)37-23(14)25(34)30-29-24(33)17-5-2-3-6-18(17)26/h2-3,5-6,9-12H,4,7-8,13H2,1H3,(H,28,32)(H,29,33)(H,30,34)/b27-19+. The fourth-order valence-corrected chi connectivity index (χ4v) is 3.97. The minimum atomic E-state index is -0.821. The maximum absolute atomic E-state index is 13.8. The van der Waals surface area contributed by atoms with Gasteiger partial charge in [-0.1, -0.05) is 24.3 Å². The molecule has 190 valence electrons. The molecule has 0 aliphatic heterocycles. The van der Waals surface area contributed by atoms with Crippen LogP contribution < -0.4 is 16.3 Å². The molecule has 0 unspecified atom stereocenters. The second-order valence-electron chi connectivity index (χ2n) is 8.29. The number of non-ortho nitro benzene ring substituents is 1. The molecule has 0 spiro atoms. The van der Waals surface area contributed by atoms with Gasteiger partial charge in [0.05, 0.1) is 22.6 Å². The van der Waals surface area contributed by atoms with Gasteiger partial charge < -0.3 is 4.42 Å². The number of carbonyl (C=O) groups excluding carboxylic acids is 3. The Hall–Kier alpha value is -4.87. The van der Waals surface area contributed by atoms with Gasteiger partial charge in [0, 0.05) is 29.7 Å². The number of halogens is 1. The Labute approximate surface area is 209 Å². The lowest BCUT2D eigenvalue weighted by Gasteiger charge is -2.13. The number of aryl methyl sites for hydroxylation is 1. The number of hydrogen-bond donors (Lipinski definition) is 3. The summed E-state index contributed by atoms with van der Waals surface area (Å²) in [4.78, 5) is 47.5. The smallest absolute Gasteiger partial charge is 0.305 e. The number of hydrogen-bond acceptors (Lipinski definition) is 7. The molecule has 12 heteroatoms. The van der Waals surface area contributed by atoms with Gasteiger partial charge in [0.2, 0.25) is 5.91 Å². The molecular weight excluding hydrogens is 485 g/mol. The summed E-state index contributed by atoms with van der Waals surface area (Å²) >= 11 is 0. The maximum Gasteiger partial charge on any atom is 0.305 e. The average molecular weight is 507 g/mol. The van der Waals surface area contributed by atoms with Crippen molar-refractivity contribution >= 4 is 29.1 Å². The highest BCUT2D eigenvalue weighted by atomic mass is 19.1. The third-order valence-corrected chi connectivity index (χ3v) is 5.77. The van der Waals surface area contributed by atoms with Gasteiger partial charge in [-0.2, -0.15) is 5.10 Å². The number of furan rings is 1. The van der Waals surface area contributed by atoms with Crippen LogP contribution in [0, 0.1) is 22.9 Å². The van der Waals surface area contributed by atoms with E-state index in [9.17, 15) is 28.9 Å². The molecule has 3 aromatic rings. The quantitative estimate of drug-likeness (QED) is 0.344. The molecule has 1 aliphatic rings. The van der Waals surface area contributed by atoms with Crippen molar-refractivity contribution in [3.8, 4) is 0 Å². The monoisotopic (exact) mass is 507 g/mol. The number of hydrazone groups is 1. The normalized spacial score (nSPS) is 13.5. The molecule has 4 rings (SSSR count). The molecule has 1 aromatic heterocycles. The summed E-state index contributed by atoms with van der Waals surface area (Å²) in [7, 11) is 0. The number of benzene rings is 2. The highest BCUT2D eigenvalue weighted by Crippen LogP contribution is 2.29. The first-order chi connectivity index (χ1) is 17.7. The van der Waals surface area contributed by atoms with Crippen molar-refractivity contribution in [2.75, 3.05) is 0 Å². The van der Waals surface area contributed by atoms with Crippen molar-refractivity contribution in [3.05, 3.63) is 98.2 Å². The number of fused-ring (bicyclic) bond motifs is 1. The second kappa shape index (κ2) is 10.8. The second-order valence-corrected chi connectivity index (χ2v) is 8.29. The van der Waals surface area contributed by atoms with Crippen LogP contribution in [0.1, 0.15) is 56.2 Å². The molecule has 0 saturated carbocycles. The molecule has 1 heterocycles. The molecule has 2 aromatic carbocycles. The van der Waals surface area contributed by atoms with Gasteiger partial charge in [-0.3, -0.25) is 35.3 Å². The summed E-state index contributed by atoms with van der Waals surface area (Å²) < 4.78 is 19.5. The van der Waals surface area contributed by atoms with Gasteiger partial charge in [-0.15, -0.1) is 0 Å². The topological polar surface area (TPSA) is 156 Å². The van der Waals surface area contributed by atoms with E-state index in [1.807, 2.05) is 0 Å². The molecule has 0 fully saturated rings. The Morgan fingerprint density at radius 2 is 1.76 bits per heavy atom. The maximum atomic E-state index is 13.8. The number of hydrazine groups is 1. The molecule has 0 bridgehead atoms. The predicted molar refractivity (Wildman–Crippen MR) is 129 cm³/mol. The van der Waals surface area contributed by atoms with Crippen LogP contribution in [-0.2, 0) is 17.6 Å². The number of nitrogens with zero attached hydrogens (tertiary/aromatic N) is 2. The van der Waals surface area contributed by atoms with E-state index in [4.69, 9.17) is 4.42 Å². The van der Waals surface area contributed by atoms with Crippen LogP contribution in [0.15, 0.2) is 58.0 Å². The number of nitro benzene ring substituents is 1. The SMILES string of the molecule is Cc1c(C(=O)NNC(=O)c2ccccc2F)oc2c1/C(=N/NC(=O)Cc1ccc([N+](=O)[O-])cc1)CCC2. The average Bonchev–Trinajstić information content (AvgIpc) is 3.23. The van der Waals surface area contributed by atoms with Gasteiger partial charge >= 0.3 is 5.91 Å². The summed E-state index contributed by atoms with van der Waals surface area (Å²) in [5, 5.41) is 15.0. The molecular formula is C25H22FN5O6. The van der Waals surface area contributed by atoms with E-state index in [-0.39, 0.29) is 23.4 Å². The lowest BCUT2D eigenvalue weighted by molar-refractivity contribution is -0.384. The summed E-state index contributed by atoms with van der Waals surface area (Å²) in [6.07, 6.45) is 1.75. The first-order valence-electron chi connectivity index (χ1n) is 11.3. The van der Waals surface area contributed by atoms with Crippen molar-refractivity contribution < 1.29 is 28.1 Å². The minimum Gasteiger partial charge on any atom is -0.455 e. The van der Waals surface area contributed by atoms with E-state index in [1.54, 1.807) is 6.92 Å². The van der Waals surface area contributed by atoms with Crippen molar-refractivity contribution in [1.82, 2.24) is 16.3 Å². The van der Waals surface area contributed by atoms with Gasteiger partial charge in [0.1, 0.15) is 11.6 Å². The van der Waals surface area contributed by atoms with Crippen LogP contribution in [-0.4, -0.2) is 28.4 Å². The zero-order chi connectivity index (χ0) is 26.5. The molecule has 37 heavy (non-hydrogen) atoms. The third kappa shape index (κ3) is 5.69. The predicted octanol–water partition coefficient (Wildman–Crippen LogP) is 3.11. The van der Waals surface area contributed by atoms with Gasteiger partial charge in [-0.25, -0.2) is 9.82 Å². The van der Waals surface area contributed by atoms with Crippen molar-refractivity contribution in [3.63, 3.8) is 0 Å². The summed E-state index contributed by atoms with van der Waals surface area (Å²) in [6.45, 7) is 1.66. The number of rotatable bonds is 6. The van der Waals surface area contributed by atoms with Crippen molar-refractivity contribution in [2.24, 2.45) is 5.10 Å². The zero-order valence-electron chi connectivity index (χ0n) is 19.7. The number of nitrogens with one attached hydrogen (secondary N) is 3. The van der Waals surface area contributed by atoms with Crippen LogP contribution >= 0.6 is 0 Å². The Morgan fingerprint density at radius 3 is 2.46 bits per heavy atom. The summed E-state index contributed by atoms with van der Waals surface area (Å²) in [5.74, 6) is -2.20. The molecule has 0 atom stereocenters. The van der Waals surface area contributed by atoms with Gasteiger partial charge in [0.15, 0.2) is 5.76 Å². The highest BCUT2D eigenvalue weighted by Gasteiger charge is 2.28. The first-order valence-corrected chi connectivity index (χ1v) is 11.3. The van der Waals surface area contributed by atoms with Crippen molar-refractivity contribution in [2.45, 2.75) is 32.6 Å². The molecule has 3 N–H and O–H groups in total. The van der Waals surface area contributed by atoms with E-state index in [0.29, 0.717) is 47.4 Å². The Kier molecular flexibility index (Phi) is 7.37.